The fourth-order valence-electron chi connectivity index (χ4n) is 0.432. The lowest BCUT2D eigenvalue weighted by Gasteiger charge is -2.19. The Kier molecular flexibility index (Phi) is 3.26. The molecule has 4 nitrogen and oxygen atoms in total. The van der Waals surface area contributed by atoms with E-state index in [0.717, 1.165) is 0 Å². The molecule has 0 fully saturated rings. The zero-order valence-electron chi connectivity index (χ0n) is 7.96. The zero-order valence-corrected chi connectivity index (χ0v) is 8.77. The molecule has 0 spiro atoms. The second-order valence-electron chi connectivity index (χ2n) is 3.49. The maximum absolute atomic E-state index is 11.2. The number of hydrogen-bond acceptors (Lipinski definition) is 3. The van der Waals surface area contributed by atoms with Crippen molar-refractivity contribution in [2.24, 2.45) is 10.7 Å². The first kappa shape index (κ1) is 11.4. The van der Waals surface area contributed by atoms with Crippen LogP contribution in [-0.2, 0) is 9.84 Å². The van der Waals surface area contributed by atoms with Crippen molar-refractivity contribution in [2.75, 3.05) is 12.8 Å². The predicted octanol–water partition coefficient (Wildman–Crippen LogP) is 0.187. The summed E-state index contributed by atoms with van der Waals surface area (Å²) < 4.78 is 21.5. The van der Waals surface area contributed by atoms with E-state index in [0.29, 0.717) is 5.84 Å². The minimum Gasteiger partial charge on any atom is -0.388 e. The molecule has 0 heterocycles. The van der Waals surface area contributed by atoms with E-state index in [4.69, 9.17) is 5.73 Å². The highest BCUT2D eigenvalue weighted by Crippen LogP contribution is 2.14. The molecule has 0 atom stereocenters. The van der Waals surface area contributed by atoms with Gasteiger partial charge in [-0.2, -0.15) is 0 Å². The normalized spacial score (nSPS) is 14.8. The maximum atomic E-state index is 11.2. The number of nitrogens with zero attached hydrogens (tertiary/aromatic N) is 1. The van der Waals surface area contributed by atoms with Crippen molar-refractivity contribution >= 4 is 15.7 Å². The Hall–Kier alpha value is -0.580. The van der Waals surface area contributed by atoms with E-state index in [1.54, 1.807) is 20.8 Å². The van der Waals surface area contributed by atoms with Crippen LogP contribution in [0.15, 0.2) is 4.99 Å². The second-order valence-corrected chi connectivity index (χ2v) is 6.14. The summed E-state index contributed by atoms with van der Waals surface area (Å²) in [5.41, 5.74) is 5.30. The van der Waals surface area contributed by atoms with Crippen LogP contribution in [0.5, 0.6) is 0 Å². The SMILES string of the molecule is CC(N)=NCC(C)(C)S(C)(=O)=O. The summed E-state index contributed by atoms with van der Waals surface area (Å²) in [5.74, 6) is 0.409. The fourth-order valence-corrected chi connectivity index (χ4v) is 0.731. The van der Waals surface area contributed by atoms with Crippen LogP contribution in [0.25, 0.3) is 0 Å². The summed E-state index contributed by atoms with van der Waals surface area (Å²) in [6.07, 6.45) is 1.20. The van der Waals surface area contributed by atoms with Gasteiger partial charge >= 0.3 is 0 Å². The van der Waals surface area contributed by atoms with Crippen LogP contribution in [0.3, 0.4) is 0 Å². The molecule has 0 aliphatic heterocycles. The van der Waals surface area contributed by atoms with Crippen LogP contribution in [0.1, 0.15) is 20.8 Å². The molecule has 0 aromatic heterocycles. The lowest BCUT2D eigenvalue weighted by atomic mass is 10.2. The molecule has 0 aliphatic rings. The number of aliphatic imine (C=N–C) groups is 1. The van der Waals surface area contributed by atoms with Gasteiger partial charge in [0.15, 0.2) is 9.84 Å². The Bertz CT molecular complexity index is 274. The van der Waals surface area contributed by atoms with Gasteiger partial charge in [0.1, 0.15) is 0 Å². The van der Waals surface area contributed by atoms with Crippen LogP contribution < -0.4 is 5.73 Å². The minimum absolute atomic E-state index is 0.216. The smallest absolute Gasteiger partial charge is 0.154 e. The molecular formula is C7H16N2O2S. The molecule has 12 heavy (non-hydrogen) atoms. The molecule has 0 aliphatic carbocycles. The fraction of sp³-hybridized carbons (Fsp3) is 0.857. The average Bonchev–Trinajstić information content (AvgIpc) is 1.81. The number of amidine groups is 1. The Morgan fingerprint density at radius 3 is 2.17 bits per heavy atom. The third-order valence-electron chi connectivity index (χ3n) is 1.71. The highest BCUT2D eigenvalue weighted by molar-refractivity contribution is 7.92. The van der Waals surface area contributed by atoms with E-state index in [1.165, 1.54) is 6.26 Å². The Balaban J connectivity index is 4.57. The van der Waals surface area contributed by atoms with E-state index in [1.807, 2.05) is 0 Å². The monoisotopic (exact) mass is 192 g/mol. The van der Waals surface area contributed by atoms with Crippen molar-refractivity contribution in [1.29, 1.82) is 0 Å². The van der Waals surface area contributed by atoms with Gasteiger partial charge in [0, 0.05) is 6.26 Å². The van der Waals surface area contributed by atoms with Gasteiger partial charge in [-0.3, -0.25) is 4.99 Å². The molecule has 0 saturated carbocycles. The summed E-state index contributed by atoms with van der Waals surface area (Å²) in [5, 5.41) is 0. The highest BCUT2D eigenvalue weighted by Gasteiger charge is 2.29. The average molecular weight is 192 g/mol. The summed E-state index contributed by atoms with van der Waals surface area (Å²) in [7, 11) is -3.06. The van der Waals surface area contributed by atoms with Crippen molar-refractivity contribution in [1.82, 2.24) is 0 Å². The molecule has 0 bridgehead atoms. The first-order chi connectivity index (χ1) is 5.17. The topological polar surface area (TPSA) is 72.5 Å². The van der Waals surface area contributed by atoms with Crippen molar-refractivity contribution in [3.63, 3.8) is 0 Å². The molecule has 0 rings (SSSR count). The van der Waals surface area contributed by atoms with Crippen LogP contribution >= 0.6 is 0 Å². The van der Waals surface area contributed by atoms with Gasteiger partial charge in [-0.1, -0.05) is 0 Å². The molecule has 0 aromatic carbocycles. The van der Waals surface area contributed by atoms with Crippen LogP contribution in [0.2, 0.25) is 0 Å². The molecule has 0 aromatic rings. The molecule has 0 radical (unpaired) electrons. The first-order valence-corrected chi connectivity index (χ1v) is 5.52. The number of hydrogen-bond donors (Lipinski definition) is 1. The highest BCUT2D eigenvalue weighted by atomic mass is 32.2. The zero-order chi connectivity index (χ0) is 9.99. The Labute approximate surface area is 73.8 Å². The van der Waals surface area contributed by atoms with Crippen LogP contribution in [0, 0.1) is 0 Å². The third-order valence-corrected chi connectivity index (χ3v) is 3.85. The molecule has 72 valence electrons. The Morgan fingerprint density at radius 1 is 1.50 bits per heavy atom. The molecule has 2 N–H and O–H groups in total. The van der Waals surface area contributed by atoms with Crippen molar-refractivity contribution < 1.29 is 8.42 Å². The minimum atomic E-state index is -3.06. The Morgan fingerprint density at radius 2 is 1.92 bits per heavy atom. The number of nitrogens with two attached hydrogens (primary N) is 1. The van der Waals surface area contributed by atoms with Gasteiger partial charge in [-0.25, -0.2) is 8.42 Å². The third kappa shape index (κ3) is 3.21. The molecule has 0 saturated heterocycles. The van der Waals surface area contributed by atoms with Gasteiger partial charge in [-0.05, 0) is 20.8 Å². The van der Waals surface area contributed by atoms with Crippen LogP contribution in [0.4, 0.5) is 0 Å². The van der Waals surface area contributed by atoms with Crippen molar-refractivity contribution in [2.45, 2.75) is 25.5 Å². The van der Waals surface area contributed by atoms with E-state index >= 15 is 0 Å². The van der Waals surface area contributed by atoms with Gasteiger partial charge in [-0.15, -0.1) is 0 Å². The molecule has 0 amide bonds. The van der Waals surface area contributed by atoms with Crippen molar-refractivity contribution in [3.8, 4) is 0 Å². The maximum Gasteiger partial charge on any atom is 0.154 e. The van der Waals surface area contributed by atoms with Gasteiger partial charge in [0.25, 0.3) is 0 Å². The van der Waals surface area contributed by atoms with E-state index in [-0.39, 0.29) is 6.54 Å². The van der Waals surface area contributed by atoms with Crippen LogP contribution in [-0.4, -0.2) is 31.8 Å². The molecular weight excluding hydrogens is 176 g/mol. The number of sulfone groups is 1. The lowest BCUT2D eigenvalue weighted by Crippen LogP contribution is -2.34. The van der Waals surface area contributed by atoms with Crippen molar-refractivity contribution in [3.05, 3.63) is 0 Å². The summed E-state index contributed by atoms with van der Waals surface area (Å²) >= 11 is 0. The van der Waals surface area contributed by atoms with Gasteiger partial charge < -0.3 is 5.73 Å². The quantitative estimate of drug-likeness (QED) is 0.512. The van der Waals surface area contributed by atoms with Gasteiger partial charge in [0.2, 0.25) is 0 Å². The van der Waals surface area contributed by atoms with Gasteiger partial charge in [0.05, 0.1) is 17.1 Å². The largest absolute Gasteiger partial charge is 0.388 e. The van der Waals surface area contributed by atoms with E-state index in [9.17, 15) is 8.42 Å². The molecule has 5 heteroatoms. The predicted molar refractivity (Wildman–Crippen MR) is 51.1 cm³/mol. The summed E-state index contributed by atoms with van der Waals surface area (Å²) in [6, 6.07) is 0. The number of rotatable bonds is 3. The summed E-state index contributed by atoms with van der Waals surface area (Å²) in [6.45, 7) is 5.12. The second kappa shape index (κ2) is 3.43. The molecule has 0 unspecified atom stereocenters. The summed E-state index contributed by atoms with van der Waals surface area (Å²) in [4.78, 5) is 3.88. The van der Waals surface area contributed by atoms with E-state index < -0.39 is 14.6 Å². The first-order valence-electron chi connectivity index (χ1n) is 3.63. The van der Waals surface area contributed by atoms with E-state index in [2.05, 4.69) is 4.99 Å². The standard InChI is InChI=1S/C7H16N2O2S/c1-6(8)9-5-7(2,3)12(4,10)11/h5H2,1-4H3,(H2,8,9). The lowest BCUT2D eigenvalue weighted by molar-refractivity contribution is 0.555.